The summed E-state index contributed by atoms with van der Waals surface area (Å²) in [6, 6.07) is 10.4. The molecule has 0 amide bonds. The van der Waals surface area contributed by atoms with Crippen molar-refractivity contribution in [2.45, 2.75) is 26.8 Å². The van der Waals surface area contributed by atoms with Gasteiger partial charge in [-0.2, -0.15) is 0 Å². The van der Waals surface area contributed by atoms with E-state index in [0.717, 1.165) is 25.2 Å². The van der Waals surface area contributed by atoms with Crippen LogP contribution in [0.1, 0.15) is 23.7 Å². The van der Waals surface area contributed by atoms with Crippen molar-refractivity contribution in [3.63, 3.8) is 0 Å². The third-order valence-corrected chi connectivity index (χ3v) is 3.84. The summed E-state index contributed by atoms with van der Waals surface area (Å²) in [4.78, 5) is 6.12. The fourth-order valence-electron chi connectivity index (χ4n) is 1.77. The van der Waals surface area contributed by atoms with E-state index in [4.69, 9.17) is 4.98 Å². The molecule has 1 N–H and O–H groups in total. The van der Waals surface area contributed by atoms with Crippen molar-refractivity contribution in [3.8, 4) is 11.3 Å². The van der Waals surface area contributed by atoms with Gasteiger partial charge < -0.3 is 5.32 Å². The van der Waals surface area contributed by atoms with Crippen LogP contribution in [-0.4, -0.2) is 11.5 Å². The van der Waals surface area contributed by atoms with E-state index in [1.807, 2.05) is 17.4 Å². The van der Waals surface area contributed by atoms with Crippen LogP contribution in [0.5, 0.6) is 0 Å². The van der Waals surface area contributed by atoms with Gasteiger partial charge in [0.05, 0.1) is 5.69 Å². The van der Waals surface area contributed by atoms with Gasteiger partial charge in [-0.3, -0.25) is 0 Å². The fraction of sp³-hybridized carbons (Fsp3) is 0.357. The largest absolute Gasteiger partial charge is 0.311 e. The molecular weight excluding hydrogens is 264 g/mol. The number of nitrogens with one attached hydrogen (secondary N) is 1. The molecule has 0 spiro atoms. The molecule has 1 aromatic carbocycles. The van der Waals surface area contributed by atoms with Crippen LogP contribution in [0.4, 0.5) is 0 Å². The van der Waals surface area contributed by atoms with Gasteiger partial charge in [-0.25, -0.2) is 4.98 Å². The number of thiazole rings is 1. The Bertz CT molecular complexity index is 468. The molecule has 4 heteroatoms. The Morgan fingerprint density at radius 3 is 2.50 bits per heavy atom. The lowest BCUT2D eigenvalue weighted by molar-refractivity contribution is 0.723. The zero-order valence-electron chi connectivity index (χ0n) is 10.8. The first-order valence-electron chi connectivity index (χ1n) is 6.09. The predicted octanol–water partition coefficient (Wildman–Crippen LogP) is 3.90. The van der Waals surface area contributed by atoms with E-state index in [-0.39, 0.29) is 12.4 Å². The third kappa shape index (κ3) is 3.55. The molecule has 0 aliphatic heterocycles. The molecule has 2 nitrogen and oxygen atoms in total. The molecular formula is C14H19ClN2S. The number of rotatable bonds is 5. The minimum atomic E-state index is 0. The van der Waals surface area contributed by atoms with E-state index < -0.39 is 0 Å². The highest BCUT2D eigenvalue weighted by Gasteiger charge is 2.10. The van der Waals surface area contributed by atoms with E-state index >= 15 is 0 Å². The van der Waals surface area contributed by atoms with Gasteiger partial charge >= 0.3 is 0 Å². The summed E-state index contributed by atoms with van der Waals surface area (Å²) < 4.78 is 0. The molecule has 2 rings (SSSR count). The second-order valence-electron chi connectivity index (χ2n) is 3.88. The van der Waals surface area contributed by atoms with E-state index in [9.17, 15) is 0 Å². The Morgan fingerprint density at radius 1 is 1.17 bits per heavy atom. The highest BCUT2D eigenvalue weighted by molar-refractivity contribution is 7.12. The van der Waals surface area contributed by atoms with Crippen LogP contribution in [-0.2, 0) is 13.0 Å². The van der Waals surface area contributed by atoms with Gasteiger partial charge in [-0.15, -0.1) is 23.7 Å². The van der Waals surface area contributed by atoms with Gasteiger partial charge in [0.25, 0.3) is 0 Å². The number of hydrogen-bond donors (Lipinski definition) is 1. The lowest BCUT2D eigenvalue weighted by Crippen LogP contribution is -2.11. The SMILES string of the molecule is CCNCc1nc(-c2ccccc2)c(CC)s1.Cl. The van der Waals surface area contributed by atoms with Crippen LogP contribution in [0, 0.1) is 0 Å². The van der Waals surface area contributed by atoms with Crippen LogP contribution >= 0.6 is 23.7 Å². The Hall–Kier alpha value is -0.900. The molecule has 18 heavy (non-hydrogen) atoms. The Balaban J connectivity index is 0.00000162. The summed E-state index contributed by atoms with van der Waals surface area (Å²) in [5.41, 5.74) is 2.38. The fourth-order valence-corrected chi connectivity index (χ4v) is 2.77. The van der Waals surface area contributed by atoms with Crippen LogP contribution in [0.3, 0.4) is 0 Å². The van der Waals surface area contributed by atoms with Crippen molar-refractivity contribution in [2.24, 2.45) is 0 Å². The van der Waals surface area contributed by atoms with Crippen molar-refractivity contribution < 1.29 is 0 Å². The molecule has 0 fully saturated rings. The van der Waals surface area contributed by atoms with Crippen LogP contribution < -0.4 is 5.32 Å². The summed E-state index contributed by atoms with van der Waals surface area (Å²) in [5, 5.41) is 4.51. The molecule has 2 aromatic rings. The van der Waals surface area contributed by atoms with Gasteiger partial charge in [0.1, 0.15) is 5.01 Å². The summed E-state index contributed by atoms with van der Waals surface area (Å²) in [5.74, 6) is 0. The molecule has 0 saturated heterocycles. The van der Waals surface area contributed by atoms with Gasteiger partial charge in [0.15, 0.2) is 0 Å². The van der Waals surface area contributed by atoms with Crippen molar-refractivity contribution >= 4 is 23.7 Å². The van der Waals surface area contributed by atoms with Crippen molar-refractivity contribution in [3.05, 3.63) is 40.2 Å². The number of hydrogen-bond acceptors (Lipinski definition) is 3. The second kappa shape index (κ2) is 7.52. The Morgan fingerprint density at radius 2 is 1.89 bits per heavy atom. The molecule has 0 unspecified atom stereocenters. The van der Waals surface area contributed by atoms with E-state index in [0.29, 0.717) is 0 Å². The number of halogens is 1. The highest BCUT2D eigenvalue weighted by atomic mass is 35.5. The maximum atomic E-state index is 4.74. The lowest BCUT2D eigenvalue weighted by Gasteiger charge is -1.98. The summed E-state index contributed by atoms with van der Waals surface area (Å²) >= 11 is 1.82. The molecule has 0 atom stereocenters. The van der Waals surface area contributed by atoms with E-state index in [1.54, 1.807) is 0 Å². The topological polar surface area (TPSA) is 24.9 Å². The Kier molecular flexibility index (Phi) is 6.33. The van der Waals surface area contributed by atoms with Crippen LogP contribution in [0.15, 0.2) is 30.3 Å². The predicted molar refractivity (Wildman–Crippen MR) is 81.6 cm³/mol. The van der Waals surface area contributed by atoms with Gasteiger partial charge in [0, 0.05) is 17.0 Å². The first-order valence-corrected chi connectivity index (χ1v) is 6.91. The molecule has 0 bridgehead atoms. The summed E-state index contributed by atoms with van der Waals surface area (Å²) in [6.45, 7) is 6.17. The number of aromatic nitrogens is 1. The lowest BCUT2D eigenvalue weighted by atomic mass is 10.1. The summed E-state index contributed by atoms with van der Waals surface area (Å²) in [6.07, 6.45) is 1.05. The highest BCUT2D eigenvalue weighted by Crippen LogP contribution is 2.28. The summed E-state index contributed by atoms with van der Waals surface area (Å²) in [7, 11) is 0. The van der Waals surface area contributed by atoms with Gasteiger partial charge in [0.2, 0.25) is 0 Å². The van der Waals surface area contributed by atoms with Crippen molar-refractivity contribution in [2.75, 3.05) is 6.54 Å². The number of aryl methyl sites for hydroxylation is 1. The minimum Gasteiger partial charge on any atom is -0.311 e. The molecule has 98 valence electrons. The molecule has 0 radical (unpaired) electrons. The quantitative estimate of drug-likeness (QED) is 0.899. The zero-order chi connectivity index (χ0) is 12.1. The molecule has 1 aromatic heterocycles. The molecule has 0 saturated carbocycles. The van der Waals surface area contributed by atoms with Gasteiger partial charge in [-0.05, 0) is 13.0 Å². The normalized spacial score (nSPS) is 10.1. The second-order valence-corrected chi connectivity index (χ2v) is 5.05. The van der Waals surface area contributed by atoms with E-state index in [2.05, 4.69) is 43.4 Å². The van der Waals surface area contributed by atoms with Gasteiger partial charge in [-0.1, -0.05) is 44.2 Å². The molecule has 0 aliphatic carbocycles. The zero-order valence-corrected chi connectivity index (χ0v) is 12.4. The van der Waals surface area contributed by atoms with Crippen LogP contribution in [0.2, 0.25) is 0 Å². The van der Waals surface area contributed by atoms with Crippen molar-refractivity contribution in [1.82, 2.24) is 10.3 Å². The third-order valence-electron chi connectivity index (χ3n) is 2.64. The number of benzene rings is 1. The Labute approximate surface area is 119 Å². The average Bonchev–Trinajstić information content (AvgIpc) is 2.80. The smallest absolute Gasteiger partial charge is 0.107 e. The standard InChI is InChI=1S/C14H18N2S.ClH/c1-3-12-14(11-8-6-5-7-9-11)16-13(17-12)10-15-4-2;/h5-9,15H,3-4,10H2,1-2H3;1H. The number of nitrogens with zero attached hydrogens (tertiary/aromatic N) is 1. The van der Waals surface area contributed by atoms with Crippen LogP contribution in [0.25, 0.3) is 11.3 Å². The monoisotopic (exact) mass is 282 g/mol. The maximum Gasteiger partial charge on any atom is 0.107 e. The van der Waals surface area contributed by atoms with Crippen molar-refractivity contribution in [1.29, 1.82) is 0 Å². The first kappa shape index (κ1) is 15.2. The average molecular weight is 283 g/mol. The van der Waals surface area contributed by atoms with E-state index in [1.165, 1.54) is 15.4 Å². The first-order chi connectivity index (χ1) is 8.35. The molecule has 1 heterocycles. The minimum absolute atomic E-state index is 0. The molecule has 0 aliphatic rings. The maximum absolute atomic E-state index is 4.74.